The van der Waals surface area contributed by atoms with Crippen LogP contribution in [0.1, 0.15) is 38.8 Å². The van der Waals surface area contributed by atoms with E-state index in [1.54, 1.807) is 22.0 Å². The van der Waals surface area contributed by atoms with Gasteiger partial charge in [-0.2, -0.15) is 5.10 Å². The van der Waals surface area contributed by atoms with Gasteiger partial charge in [-0.25, -0.2) is 4.98 Å². The zero-order chi connectivity index (χ0) is 19.0. The second-order valence-electron chi connectivity index (χ2n) is 6.82. The molecular weight excluding hydrogens is 358 g/mol. The number of rotatable bonds is 5. The zero-order valence-electron chi connectivity index (χ0n) is 15.6. The smallest absolute Gasteiger partial charge is 0.252 e. The molecule has 4 heterocycles. The lowest BCUT2D eigenvalue weighted by Gasteiger charge is -2.04. The third-order valence-electron chi connectivity index (χ3n) is 4.52. The molecule has 27 heavy (non-hydrogen) atoms. The Morgan fingerprint density at radius 1 is 1.15 bits per heavy atom. The summed E-state index contributed by atoms with van der Waals surface area (Å²) < 4.78 is 1.71. The number of aryl methyl sites for hydroxylation is 1. The van der Waals surface area contributed by atoms with Crippen molar-refractivity contribution in [1.82, 2.24) is 24.7 Å². The van der Waals surface area contributed by atoms with Crippen molar-refractivity contribution < 1.29 is 0 Å². The van der Waals surface area contributed by atoms with Crippen molar-refractivity contribution in [2.45, 2.75) is 39.7 Å². The van der Waals surface area contributed by atoms with Crippen molar-refractivity contribution in [3.05, 3.63) is 52.7 Å². The molecule has 0 aliphatic heterocycles. The standard InChI is InChI=1S/C20H21N5OS/c1-4-9-25-17(26)8-6-14-18(23-24-19(14)25)16-11-22-20(27-16)13-5-7-15(12(2)3)21-10-13/h5-8,10-12H,4,9H2,1-3H3,(H,23,24). The highest BCUT2D eigenvalue weighted by Gasteiger charge is 2.15. The van der Waals surface area contributed by atoms with E-state index in [4.69, 9.17) is 0 Å². The SMILES string of the molecule is CCCn1c(=O)ccc2c(-c3cnc(-c4ccc(C(C)C)nc4)s3)[nH]nc21. The Labute approximate surface area is 160 Å². The number of pyridine rings is 2. The molecule has 7 heteroatoms. The van der Waals surface area contributed by atoms with Crippen LogP contribution in [-0.2, 0) is 6.54 Å². The summed E-state index contributed by atoms with van der Waals surface area (Å²) in [6.45, 7) is 6.96. The quantitative estimate of drug-likeness (QED) is 0.556. The Morgan fingerprint density at radius 2 is 2.00 bits per heavy atom. The molecule has 0 bridgehead atoms. The van der Waals surface area contributed by atoms with E-state index in [1.165, 1.54) is 0 Å². The Bertz CT molecular complexity index is 1140. The van der Waals surface area contributed by atoms with Gasteiger partial charge in [-0.05, 0) is 30.5 Å². The van der Waals surface area contributed by atoms with Gasteiger partial charge in [0, 0.05) is 41.6 Å². The van der Waals surface area contributed by atoms with Gasteiger partial charge >= 0.3 is 0 Å². The molecule has 0 aliphatic rings. The van der Waals surface area contributed by atoms with Crippen LogP contribution in [-0.4, -0.2) is 24.7 Å². The van der Waals surface area contributed by atoms with E-state index < -0.39 is 0 Å². The highest BCUT2D eigenvalue weighted by molar-refractivity contribution is 7.18. The summed E-state index contributed by atoms with van der Waals surface area (Å²) in [6.07, 6.45) is 4.60. The van der Waals surface area contributed by atoms with Crippen LogP contribution in [0.4, 0.5) is 0 Å². The lowest BCUT2D eigenvalue weighted by atomic mass is 10.1. The molecule has 138 valence electrons. The monoisotopic (exact) mass is 379 g/mol. The lowest BCUT2D eigenvalue weighted by Crippen LogP contribution is -2.19. The predicted molar refractivity (Wildman–Crippen MR) is 109 cm³/mol. The van der Waals surface area contributed by atoms with Crippen LogP contribution in [0.25, 0.3) is 32.2 Å². The van der Waals surface area contributed by atoms with Crippen molar-refractivity contribution in [1.29, 1.82) is 0 Å². The summed E-state index contributed by atoms with van der Waals surface area (Å²) in [5.74, 6) is 0.406. The van der Waals surface area contributed by atoms with Gasteiger partial charge in [-0.3, -0.25) is 19.4 Å². The lowest BCUT2D eigenvalue weighted by molar-refractivity contribution is 0.671. The molecule has 1 N–H and O–H groups in total. The molecule has 4 aromatic heterocycles. The van der Waals surface area contributed by atoms with E-state index >= 15 is 0 Å². The molecule has 0 spiro atoms. The molecule has 0 aromatic carbocycles. The van der Waals surface area contributed by atoms with Gasteiger partial charge in [-0.15, -0.1) is 11.3 Å². The van der Waals surface area contributed by atoms with Crippen molar-refractivity contribution in [3.63, 3.8) is 0 Å². The minimum atomic E-state index is -0.0243. The minimum absolute atomic E-state index is 0.0243. The molecule has 0 saturated heterocycles. The van der Waals surface area contributed by atoms with E-state index in [0.717, 1.165) is 38.6 Å². The second kappa shape index (κ2) is 7.08. The van der Waals surface area contributed by atoms with Crippen molar-refractivity contribution in [3.8, 4) is 21.1 Å². The summed E-state index contributed by atoms with van der Waals surface area (Å²) in [7, 11) is 0. The van der Waals surface area contributed by atoms with Crippen LogP contribution in [0.3, 0.4) is 0 Å². The molecule has 4 aromatic rings. The van der Waals surface area contributed by atoms with Crippen molar-refractivity contribution >= 4 is 22.4 Å². The summed E-state index contributed by atoms with van der Waals surface area (Å²) in [6, 6.07) is 7.56. The van der Waals surface area contributed by atoms with Gasteiger partial charge in [-0.1, -0.05) is 20.8 Å². The molecule has 0 radical (unpaired) electrons. The van der Waals surface area contributed by atoms with E-state index in [2.05, 4.69) is 46.1 Å². The molecule has 0 fully saturated rings. The number of hydrogen-bond donors (Lipinski definition) is 1. The molecule has 0 atom stereocenters. The van der Waals surface area contributed by atoms with Crippen LogP contribution >= 0.6 is 11.3 Å². The van der Waals surface area contributed by atoms with Gasteiger partial charge in [0.2, 0.25) is 0 Å². The minimum Gasteiger partial charge on any atom is -0.291 e. The predicted octanol–water partition coefficient (Wildman–Crippen LogP) is 4.44. The Morgan fingerprint density at radius 3 is 2.70 bits per heavy atom. The van der Waals surface area contributed by atoms with Gasteiger partial charge in [0.25, 0.3) is 5.56 Å². The third-order valence-corrected chi connectivity index (χ3v) is 5.59. The fraction of sp³-hybridized carbons (Fsp3) is 0.300. The number of aromatic nitrogens is 5. The van der Waals surface area contributed by atoms with E-state index in [0.29, 0.717) is 18.1 Å². The summed E-state index contributed by atoms with van der Waals surface area (Å²) in [5, 5.41) is 9.33. The number of H-pyrrole nitrogens is 1. The second-order valence-corrected chi connectivity index (χ2v) is 7.85. The Hall–Kier alpha value is -2.80. The normalized spacial score (nSPS) is 11.6. The average molecular weight is 379 g/mol. The molecule has 0 aliphatic carbocycles. The fourth-order valence-electron chi connectivity index (χ4n) is 3.08. The first-order valence-electron chi connectivity index (χ1n) is 9.09. The molecule has 0 unspecified atom stereocenters. The maximum absolute atomic E-state index is 12.1. The molecule has 0 amide bonds. The van der Waals surface area contributed by atoms with E-state index in [1.807, 2.05) is 25.4 Å². The highest BCUT2D eigenvalue weighted by atomic mass is 32.1. The van der Waals surface area contributed by atoms with Crippen LogP contribution < -0.4 is 5.56 Å². The number of nitrogens with zero attached hydrogens (tertiary/aromatic N) is 4. The van der Waals surface area contributed by atoms with Gasteiger partial charge in [0.05, 0.1) is 10.6 Å². The largest absolute Gasteiger partial charge is 0.291 e. The molecule has 4 rings (SSSR count). The molecule has 6 nitrogen and oxygen atoms in total. The Balaban J connectivity index is 1.73. The van der Waals surface area contributed by atoms with Crippen molar-refractivity contribution in [2.24, 2.45) is 0 Å². The number of aromatic amines is 1. The highest BCUT2D eigenvalue weighted by Crippen LogP contribution is 2.34. The zero-order valence-corrected chi connectivity index (χ0v) is 16.4. The number of fused-ring (bicyclic) bond motifs is 1. The summed E-state index contributed by atoms with van der Waals surface area (Å²) in [5.41, 5.74) is 3.64. The van der Waals surface area contributed by atoms with Crippen LogP contribution in [0.5, 0.6) is 0 Å². The fourth-order valence-corrected chi connectivity index (χ4v) is 3.99. The van der Waals surface area contributed by atoms with Crippen LogP contribution in [0, 0.1) is 0 Å². The first-order valence-corrected chi connectivity index (χ1v) is 9.90. The van der Waals surface area contributed by atoms with Crippen LogP contribution in [0.15, 0.2) is 41.5 Å². The van der Waals surface area contributed by atoms with Crippen LogP contribution in [0.2, 0.25) is 0 Å². The summed E-state index contributed by atoms with van der Waals surface area (Å²) in [4.78, 5) is 22.2. The average Bonchev–Trinajstić information content (AvgIpc) is 3.31. The number of thiazole rings is 1. The van der Waals surface area contributed by atoms with Gasteiger partial charge in [0.1, 0.15) is 5.01 Å². The number of nitrogens with one attached hydrogen (secondary N) is 1. The van der Waals surface area contributed by atoms with Crippen molar-refractivity contribution in [2.75, 3.05) is 0 Å². The molecular formula is C20H21N5OS. The molecule has 0 saturated carbocycles. The summed E-state index contributed by atoms with van der Waals surface area (Å²) >= 11 is 1.59. The van der Waals surface area contributed by atoms with E-state index in [-0.39, 0.29) is 5.56 Å². The van der Waals surface area contributed by atoms with E-state index in [9.17, 15) is 4.79 Å². The Kier molecular flexibility index (Phi) is 4.61. The van der Waals surface area contributed by atoms with Gasteiger partial charge < -0.3 is 0 Å². The third kappa shape index (κ3) is 3.19. The maximum atomic E-state index is 12.1. The topological polar surface area (TPSA) is 76.5 Å². The van der Waals surface area contributed by atoms with Gasteiger partial charge in [0.15, 0.2) is 5.65 Å². The number of hydrogen-bond acceptors (Lipinski definition) is 5. The first-order chi connectivity index (χ1) is 13.1. The first kappa shape index (κ1) is 17.6. The maximum Gasteiger partial charge on any atom is 0.252 e.